The number of amides is 1. The monoisotopic (exact) mass is 230 g/mol. The quantitative estimate of drug-likeness (QED) is 0.615. The van der Waals surface area contributed by atoms with Gasteiger partial charge >= 0.3 is 0 Å². The Kier molecular flexibility index (Phi) is 7.34. The number of nitrogens with one attached hydrogen (secondary N) is 1. The fourth-order valence-electron chi connectivity index (χ4n) is 1.17. The summed E-state index contributed by atoms with van der Waals surface area (Å²) in [6.45, 7) is 10.3. The van der Waals surface area contributed by atoms with Crippen LogP contribution in [-0.4, -0.2) is 32.2 Å². The minimum atomic E-state index is -0.446. The van der Waals surface area contributed by atoms with E-state index in [-0.39, 0.29) is 5.91 Å². The Hall–Kier alpha value is -0.610. The van der Waals surface area contributed by atoms with Crippen molar-refractivity contribution in [3.63, 3.8) is 0 Å². The van der Waals surface area contributed by atoms with Gasteiger partial charge in [-0.1, -0.05) is 20.8 Å². The first-order valence-corrected chi connectivity index (χ1v) is 6.02. The van der Waals surface area contributed by atoms with Crippen LogP contribution in [0, 0.1) is 11.3 Å². The molecule has 0 spiro atoms. The van der Waals surface area contributed by atoms with Gasteiger partial charge in [-0.2, -0.15) is 0 Å². The number of ether oxygens (including phenoxy) is 1. The van der Waals surface area contributed by atoms with Gasteiger partial charge in [-0.15, -0.1) is 0 Å². The fourth-order valence-corrected chi connectivity index (χ4v) is 1.17. The summed E-state index contributed by atoms with van der Waals surface area (Å²) in [6.07, 6.45) is 0.752. The highest BCUT2D eigenvalue weighted by Crippen LogP contribution is 2.18. The van der Waals surface area contributed by atoms with Crippen molar-refractivity contribution in [3.05, 3.63) is 0 Å². The van der Waals surface area contributed by atoms with Crippen molar-refractivity contribution in [2.45, 2.75) is 34.1 Å². The Morgan fingerprint density at radius 3 is 2.56 bits per heavy atom. The summed E-state index contributed by atoms with van der Waals surface area (Å²) in [5, 5.41) is 2.85. The Bertz CT molecular complexity index is 201. The van der Waals surface area contributed by atoms with Crippen LogP contribution in [0.15, 0.2) is 0 Å². The molecule has 0 fully saturated rings. The summed E-state index contributed by atoms with van der Waals surface area (Å²) in [4.78, 5) is 11.8. The average molecular weight is 230 g/mol. The van der Waals surface area contributed by atoms with Crippen molar-refractivity contribution in [2.24, 2.45) is 17.1 Å². The maximum absolute atomic E-state index is 11.8. The third kappa shape index (κ3) is 5.47. The number of rotatable bonds is 8. The molecule has 1 amide bonds. The van der Waals surface area contributed by atoms with Crippen molar-refractivity contribution in [2.75, 3.05) is 26.3 Å². The van der Waals surface area contributed by atoms with Crippen LogP contribution in [0.3, 0.4) is 0 Å². The van der Waals surface area contributed by atoms with Gasteiger partial charge in [-0.3, -0.25) is 4.79 Å². The highest BCUT2D eigenvalue weighted by Gasteiger charge is 2.28. The number of hydrogen-bond acceptors (Lipinski definition) is 3. The van der Waals surface area contributed by atoms with Crippen LogP contribution in [-0.2, 0) is 9.53 Å². The third-order valence-electron chi connectivity index (χ3n) is 2.76. The molecule has 4 heteroatoms. The lowest BCUT2D eigenvalue weighted by atomic mass is 9.87. The Balaban J connectivity index is 3.73. The maximum Gasteiger partial charge on any atom is 0.227 e. The topological polar surface area (TPSA) is 64.4 Å². The van der Waals surface area contributed by atoms with Gasteiger partial charge in [-0.25, -0.2) is 0 Å². The molecule has 0 saturated carbocycles. The SMILES string of the molecule is CCC(C)(CN)C(=O)NCCOCC(C)C. The zero-order chi connectivity index (χ0) is 12.6. The first kappa shape index (κ1) is 15.4. The second-order valence-corrected chi connectivity index (χ2v) is 4.84. The van der Waals surface area contributed by atoms with Crippen LogP contribution in [0.25, 0.3) is 0 Å². The van der Waals surface area contributed by atoms with Gasteiger partial charge < -0.3 is 15.8 Å². The van der Waals surface area contributed by atoms with E-state index in [0.29, 0.717) is 25.6 Å². The van der Waals surface area contributed by atoms with Gasteiger partial charge in [0.05, 0.1) is 12.0 Å². The van der Waals surface area contributed by atoms with Crippen LogP contribution < -0.4 is 11.1 Å². The predicted molar refractivity (Wildman–Crippen MR) is 66.1 cm³/mol. The lowest BCUT2D eigenvalue weighted by molar-refractivity contribution is -0.130. The van der Waals surface area contributed by atoms with Crippen LogP contribution in [0.5, 0.6) is 0 Å². The number of carbonyl (C=O) groups excluding carboxylic acids is 1. The van der Waals surface area contributed by atoms with Crippen LogP contribution in [0.2, 0.25) is 0 Å². The number of nitrogens with two attached hydrogens (primary N) is 1. The number of hydrogen-bond donors (Lipinski definition) is 2. The first-order valence-electron chi connectivity index (χ1n) is 6.02. The molecule has 1 unspecified atom stereocenters. The van der Waals surface area contributed by atoms with Crippen molar-refractivity contribution in [3.8, 4) is 0 Å². The van der Waals surface area contributed by atoms with E-state index < -0.39 is 5.41 Å². The largest absolute Gasteiger partial charge is 0.379 e. The van der Waals surface area contributed by atoms with E-state index in [1.54, 1.807) is 0 Å². The van der Waals surface area contributed by atoms with Crippen LogP contribution >= 0.6 is 0 Å². The second-order valence-electron chi connectivity index (χ2n) is 4.84. The lowest BCUT2D eigenvalue weighted by Gasteiger charge is -2.24. The standard InChI is InChI=1S/C12H26N2O2/c1-5-12(4,9-13)11(15)14-6-7-16-8-10(2)3/h10H,5-9,13H2,1-4H3,(H,14,15). The van der Waals surface area contributed by atoms with Gasteiger partial charge in [0.1, 0.15) is 0 Å². The normalized spacial score (nSPS) is 14.9. The predicted octanol–water partition coefficient (Wildman–Crippen LogP) is 1.15. The van der Waals surface area contributed by atoms with E-state index in [9.17, 15) is 4.79 Å². The first-order chi connectivity index (χ1) is 7.46. The molecule has 0 rings (SSSR count). The molecule has 0 aromatic rings. The molecule has 0 aliphatic carbocycles. The van der Waals surface area contributed by atoms with Crippen molar-refractivity contribution in [1.29, 1.82) is 0 Å². The van der Waals surface area contributed by atoms with Gasteiger partial charge in [0, 0.05) is 19.7 Å². The third-order valence-corrected chi connectivity index (χ3v) is 2.76. The number of carbonyl (C=O) groups is 1. The van der Waals surface area contributed by atoms with Gasteiger partial charge in [0.2, 0.25) is 5.91 Å². The Labute approximate surface area is 98.9 Å². The highest BCUT2D eigenvalue weighted by atomic mass is 16.5. The molecular weight excluding hydrogens is 204 g/mol. The van der Waals surface area contributed by atoms with E-state index in [4.69, 9.17) is 10.5 Å². The van der Waals surface area contributed by atoms with E-state index in [1.807, 2.05) is 13.8 Å². The minimum absolute atomic E-state index is 0.0191. The Morgan fingerprint density at radius 2 is 2.12 bits per heavy atom. The van der Waals surface area contributed by atoms with E-state index in [2.05, 4.69) is 19.2 Å². The summed E-state index contributed by atoms with van der Waals surface area (Å²) in [5.41, 5.74) is 5.15. The molecule has 4 nitrogen and oxygen atoms in total. The average Bonchev–Trinajstić information content (AvgIpc) is 2.26. The smallest absolute Gasteiger partial charge is 0.227 e. The molecule has 0 radical (unpaired) electrons. The molecular formula is C12H26N2O2. The summed E-state index contributed by atoms with van der Waals surface area (Å²) >= 11 is 0. The molecule has 0 saturated heterocycles. The summed E-state index contributed by atoms with van der Waals surface area (Å²) in [6, 6.07) is 0. The molecule has 16 heavy (non-hydrogen) atoms. The summed E-state index contributed by atoms with van der Waals surface area (Å²) in [7, 11) is 0. The second kappa shape index (κ2) is 7.63. The molecule has 0 aromatic carbocycles. The molecule has 0 aliphatic heterocycles. The molecule has 1 atom stereocenters. The molecule has 0 heterocycles. The highest BCUT2D eigenvalue weighted by molar-refractivity contribution is 5.82. The molecule has 0 bridgehead atoms. The zero-order valence-corrected chi connectivity index (χ0v) is 11.0. The van der Waals surface area contributed by atoms with Gasteiger partial charge in [0.25, 0.3) is 0 Å². The molecule has 0 aromatic heterocycles. The minimum Gasteiger partial charge on any atom is -0.379 e. The zero-order valence-electron chi connectivity index (χ0n) is 11.0. The molecule has 0 aliphatic rings. The van der Waals surface area contributed by atoms with Crippen molar-refractivity contribution < 1.29 is 9.53 Å². The fraction of sp³-hybridized carbons (Fsp3) is 0.917. The maximum atomic E-state index is 11.8. The van der Waals surface area contributed by atoms with Crippen molar-refractivity contribution in [1.82, 2.24) is 5.32 Å². The van der Waals surface area contributed by atoms with E-state index in [1.165, 1.54) is 0 Å². The van der Waals surface area contributed by atoms with Crippen LogP contribution in [0.4, 0.5) is 0 Å². The summed E-state index contributed by atoms with van der Waals surface area (Å²) in [5.74, 6) is 0.547. The molecule has 96 valence electrons. The Morgan fingerprint density at radius 1 is 1.50 bits per heavy atom. The molecule has 3 N–H and O–H groups in total. The van der Waals surface area contributed by atoms with Crippen molar-refractivity contribution >= 4 is 5.91 Å². The lowest BCUT2D eigenvalue weighted by Crippen LogP contribution is -2.44. The van der Waals surface area contributed by atoms with Crippen LogP contribution in [0.1, 0.15) is 34.1 Å². The van der Waals surface area contributed by atoms with E-state index >= 15 is 0 Å². The van der Waals surface area contributed by atoms with Gasteiger partial charge in [-0.05, 0) is 19.3 Å². The van der Waals surface area contributed by atoms with Gasteiger partial charge in [0.15, 0.2) is 0 Å². The summed E-state index contributed by atoms with van der Waals surface area (Å²) < 4.78 is 5.38. The van der Waals surface area contributed by atoms with E-state index in [0.717, 1.165) is 13.0 Å².